The highest BCUT2D eigenvalue weighted by Crippen LogP contribution is 2.29. The highest BCUT2D eigenvalue weighted by atomic mass is 32.2. The van der Waals surface area contributed by atoms with E-state index in [4.69, 9.17) is 5.73 Å². The number of benzene rings is 1. The lowest BCUT2D eigenvalue weighted by atomic mass is 10.3. The van der Waals surface area contributed by atoms with Crippen molar-refractivity contribution in [2.75, 3.05) is 12.3 Å². The van der Waals surface area contributed by atoms with Gasteiger partial charge < -0.3 is 11.1 Å². The monoisotopic (exact) mass is 242 g/mol. The molecule has 0 saturated carbocycles. The van der Waals surface area contributed by atoms with Gasteiger partial charge in [-0.2, -0.15) is 0 Å². The van der Waals surface area contributed by atoms with Crippen molar-refractivity contribution in [2.45, 2.75) is 24.0 Å². The molecule has 0 fully saturated rings. The molecule has 0 aliphatic rings. The van der Waals surface area contributed by atoms with Crippen LogP contribution in [0.5, 0.6) is 0 Å². The molecule has 1 aromatic rings. The molecule has 0 radical (unpaired) electrons. The van der Waals surface area contributed by atoms with E-state index in [9.17, 15) is 9.18 Å². The molecule has 1 unspecified atom stereocenters. The summed E-state index contributed by atoms with van der Waals surface area (Å²) in [6.07, 6.45) is 0. The molecule has 5 heteroatoms. The second-order valence-electron chi connectivity index (χ2n) is 3.34. The van der Waals surface area contributed by atoms with E-state index in [0.29, 0.717) is 17.1 Å². The normalized spacial score (nSPS) is 12.2. The van der Waals surface area contributed by atoms with Gasteiger partial charge in [0.2, 0.25) is 5.91 Å². The second-order valence-corrected chi connectivity index (χ2v) is 4.72. The van der Waals surface area contributed by atoms with Crippen LogP contribution >= 0.6 is 11.8 Å². The Morgan fingerprint density at radius 2 is 2.31 bits per heavy atom. The van der Waals surface area contributed by atoms with Crippen LogP contribution < -0.4 is 11.1 Å². The third-order valence-electron chi connectivity index (χ3n) is 2.00. The number of rotatable bonds is 4. The first-order valence-corrected chi connectivity index (χ1v) is 5.92. The van der Waals surface area contributed by atoms with Crippen molar-refractivity contribution in [3.8, 4) is 0 Å². The number of anilines is 1. The number of nitrogen functional groups attached to an aromatic ring is 1. The molecule has 88 valence electrons. The maximum absolute atomic E-state index is 13.0. The Labute approximate surface area is 98.6 Å². The molecular formula is C11H15FN2OS. The Bertz CT molecular complexity index is 384. The first kappa shape index (κ1) is 12.8. The van der Waals surface area contributed by atoms with Crippen LogP contribution in [0.4, 0.5) is 10.1 Å². The van der Waals surface area contributed by atoms with Gasteiger partial charge in [-0.1, -0.05) is 0 Å². The summed E-state index contributed by atoms with van der Waals surface area (Å²) in [6.45, 7) is 4.20. The van der Waals surface area contributed by atoms with Crippen LogP contribution in [0.15, 0.2) is 23.1 Å². The molecular weight excluding hydrogens is 227 g/mol. The molecule has 1 atom stereocenters. The summed E-state index contributed by atoms with van der Waals surface area (Å²) in [7, 11) is 0. The van der Waals surface area contributed by atoms with Gasteiger partial charge in [0.15, 0.2) is 0 Å². The minimum atomic E-state index is -0.347. The Hall–Kier alpha value is -1.23. The number of thioether (sulfide) groups is 1. The average molecular weight is 242 g/mol. The lowest BCUT2D eigenvalue weighted by Crippen LogP contribution is -2.30. The summed E-state index contributed by atoms with van der Waals surface area (Å²) in [5, 5.41) is 2.42. The van der Waals surface area contributed by atoms with Crippen molar-refractivity contribution in [3.63, 3.8) is 0 Å². The van der Waals surface area contributed by atoms with E-state index in [2.05, 4.69) is 5.32 Å². The molecule has 3 nitrogen and oxygen atoms in total. The van der Waals surface area contributed by atoms with Gasteiger partial charge in [0.25, 0.3) is 0 Å². The molecule has 0 bridgehead atoms. The minimum absolute atomic E-state index is 0.0730. The SMILES string of the molecule is CCNC(=O)C(C)Sc1cc(F)ccc1N. The van der Waals surface area contributed by atoms with Crippen molar-refractivity contribution < 1.29 is 9.18 Å². The number of halogens is 1. The summed E-state index contributed by atoms with van der Waals surface area (Å²) in [6, 6.07) is 4.15. The molecule has 1 aromatic carbocycles. The predicted molar refractivity (Wildman–Crippen MR) is 64.8 cm³/mol. The van der Waals surface area contributed by atoms with E-state index in [-0.39, 0.29) is 17.0 Å². The quantitative estimate of drug-likeness (QED) is 0.627. The van der Waals surface area contributed by atoms with Gasteiger partial charge in [0.1, 0.15) is 5.82 Å². The van der Waals surface area contributed by atoms with Gasteiger partial charge in [-0.25, -0.2) is 4.39 Å². The predicted octanol–water partition coefficient (Wildman–Crippen LogP) is 2.02. The van der Waals surface area contributed by atoms with E-state index >= 15 is 0 Å². The standard InChI is InChI=1S/C11H15FN2OS/c1-3-14-11(15)7(2)16-10-6-8(12)4-5-9(10)13/h4-7H,3,13H2,1-2H3,(H,14,15). The van der Waals surface area contributed by atoms with Crippen molar-refractivity contribution in [1.82, 2.24) is 5.32 Å². The van der Waals surface area contributed by atoms with E-state index in [1.165, 1.54) is 30.0 Å². The zero-order valence-electron chi connectivity index (χ0n) is 9.29. The zero-order valence-corrected chi connectivity index (χ0v) is 10.1. The first-order chi connectivity index (χ1) is 7.54. The highest BCUT2D eigenvalue weighted by molar-refractivity contribution is 8.00. The largest absolute Gasteiger partial charge is 0.398 e. The van der Waals surface area contributed by atoms with Crippen molar-refractivity contribution in [2.24, 2.45) is 0 Å². The van der Waals surface area contributed by atoms with Gasteiger partial charge in [-0.3, -0.25) is 4.79 Å². The zero-order chi connectivity index (χ0) is 12.1. The van der Waals surface area contributed by atoms with Gasteiger partial charge >= 0.3 is 0 Å². The van der Waals surface area contributed by atoms with Crippen LogP contribution in [-0.4, -0.2) is 17.7 Å². The third-order valence-corrected chi connectivity index (χ3v) is 3.17. The van der Waals surface area contributed by atoms with Crippen molar-refractivity contribution in [1.29, 1.82) is 0 Å². The van der Waals surface area contributed by atoms with E-state index in [0.717, 1.165) is 0 Å². The topological polar surface area (TPSA) is 55.1 Å². The fourth-order valence-electron chi connectivity index (χ4n) is 1.17. The van der Waals surface area contributed by atoms with Crippen molar-refractivity contribution in [3.05, 3.63) is 24.0 Å². The number of nitrogens with two attached hydrogens (primary N) is 1. The molecule has 0 aromatic heterocycles. The van der Waals surface area contributed by atoms with Crippen LogP contribution in [-0.2, 0) is 4.79 Å². The minimum Gasteiger partial charge on any atom is -0.398 e. The van der Waals surface area contributed by atoms with E-state index < -0.39 is 0 Å². The third kappa shape index (κ3) is 3.41. The lowest BCUT2D eigenvalue weighted by molar-refractivity contribution is -0.120. The molecule has 0 heterocycles. The Balaban J connectivity index is 2.72. The maximum Gasteiger partial charge on any atom is 0.233 e. The molecule has 1 rings (SSSR count). The van der Waals surface area contributed by atoms with Gasteiger partial charge in [-0.15, -0.1) is 11.8 Å². The maximum atomic E-state index is 13.0. The number of hydrogen-bond donors (Lipinski definition) is 2. The summed E-state index contributed by atoms with van der Waals surface area (Å²) in [4.78, 5) is 12.1. The Morgan fingerprint density at radius 1 is 1.62 bits per heavy atom. The Morgan fingerprint density at radius 3 is 2.94 bits per heavy atom. The lowest BCUT2D eigenvalue weighted by Gasteiger charge is -2.12. The van der Waals surface area contributed by atoms with E-state index in [1.807, 2.05) is 6.92 Å². The van der Waals surface area contributed by atoms with Gasteiger partial charge in [0, 0.05) is 17.1 Å². The number of nitrogens with one attached hydrogen (secondary N) is 1. The Kier molecular flexibility index (Phi) is 4.61. The fraction of sp³-hybridized carbons (Fsp3) is 0.364. The van der Waals surface area contributed by atoms with Gasteiger partial charge in [0.05, 0.1) is 5.25 Å². The van der Waals surface area contributed by atoms with Gasteiger partial charge in [-0.05, 0) is 32.0 Å². The first-order valence-electron chi connectivity index (χ1n) is 5.04. The van der Waals surface area contributed by atoms with Crippen LogP contribution in [0.2, 0.25) is 0 Å². The summed E-state index contributed by atoms with van der Waals surface area (Å²) in [5.41, 5.74) is 6.18. The number of hydrogen-bond acceptors (Lipinski definition) is 3. The van der Waals surface area contributed by atoms with Crippen molar-refractivity contribution >= 4 is 23.4 Å². The van der Waals surface area contributed by atoms with E-state index in [1.54, 1.807) is 6.92 Å². The average Bonchev–Trinajstić information content (AvgIpc) is 2.23. The fourth-order valence-corrected chi connectivity index (χ4v) is 2.13. The molecule has 16 heavy (non-hydrogen) atoms. The highest BCUT2D eigenvalue weighted by Gasteiger charge is 2.15. The summed E-state index contributed by atoms with van der Waals surface area (Å²) >= 11 is 1.26. The smallest absolute Gasteiger partial charge is 0.233 e. The number of carbonyl (C=O) groups is 1. The summed E-state index contributed by atoms with van der Waals surface area (Å²) in [5.74, 6) is -0.420. The molecule has 0 saturated heterocycles. The number of amides is 1. The number of carbonyl (C=O) groups excluding carboxylic acids is 1. The molecule has 0 aliphatic carbocycles. The van der Waals surface area contributed by atoms with Crippen LogP contribution in [0.3, 0.4) is 0 Å². The molecule has 1 amide bonds. The van der Waals surface area contributed by atoms with Crippen LogP contribution in [0.25, 0.3) is 0 Å². The second kappa shape index (κ2) is 5.75. The van der Waals surface area contributed by atoms with Crippen LogP contribution in [0.1, 0.15) is 13.8 Å². The molecule has 0 aliphatic heterocycles. The molecule has 0 spiro atoms. The summed E-state index contributed by atoms with van der Waals surface area (Å²) < 4.78 is 13.0. The van der Waals surface area contributed by atoms with Crippen LogP contribution in [0, 0.1) is 5.82 Å². The molecule has 3 N–H and O–H groups in total.